The lowest BCUT2D eigenvalue weighted by atomic mass is 9.84. The smallest absolute Gasteiger partial charge is 0.258 e. The van der Waals surface area contributed by atoms with Crippen molar-refractivity contribution in [2.75, 3.05) is 25.5 Å². The number of benzene rings is 2. The number of Topliss-reactive ketones (excluding diaryl/α,β-unsaturated/α-hetero) is 1. The number of carbonyl (C=O) groups excluding carboxylic acids is 2. The minimum absolute atomic E-state index is 0.00378. The minimum Gasteiger partial charge on any atom is -0.319 e. The summed E-state index contributed by atoms with van der Waals surface area (Å²) in [7, 11) is 3.53. The predicted molar refractivity (Wildman–Crippen MR) is 122 cm³/mol. The minimum atomic E-state index is -0.195. The molecule has 1 amide bonds. The number of ketones is 1. The molecule has 3 rings (SSSR count). The molecule has 30 heavy (non-hydrogen) atoms. The number of anilines is 1. The summed E-state index contributed by atoms with van der Waals surface area (Å²) in [5.41, 5.74) is 3.30. The fourth-order valence-corrected chi connectivity index (χ4v) is 4.02. The van der Waals surface area contributed by atoms with Crippen LogP contribution in [0.15, 0.2) is 48.5 Å². The van der Waals surface area contributed by atoms with Crippen molar-refractivity contribution in [3.63, 3.8) is 0 Å². The Bertz CT molecular complexity index is 882. The Kier molecular flexibility index (Phi) is 7.52. The van der Waals surface area contributed by atoms with E-state index in [4.69, 9.17) is 5.41 Å². The molecule has 1 aliphatic rings. The van der Waals surface area contributed by atoms with E-state index >= 15 is 0 Å². The van der Waals surface area contributed by atoms with E-state index in [1.807, 2.05) is 12.1 Å². The zero-order valence-corrected chi connectivity index (χ0v) is 17.9. The highest BCUT2D eigenvalue weighted by atomic mass is 16.2. The molecule has 5 nitrogen and oxygen atoms in total. The first-order valence-corrected chi connectivity index (χ1v) is 10.8. The zero-order valence-electron chi connectivity index (χ0n) is 17.9. The maximum atomic E-state index is 12.9. The van der Waals surface area contributed by atoms with Crippen LogP contribution < -0.4 is 10.2 Å². The third-order valence-corrected chi connectivity index (χ3v) is 5.96. The van der Waals surface area contributed by atoms with Gasteiger partial charge >= 0.3 is 0 Å². The molecule has 2 N–H and O–H groups in total. The Labute approximate surface area is 179 Å². The fraction of sp³-hybridized carbons (Fsp3) is 0.400. The molecule has 1 aliphatic carbocycles. The second kappa shape index (κ2) is 10.3. The molecule has 0 unspecified atom stereocenters. The molecule has 0 radical (unpaired) electrons. The van der Waals surface area contributed by atoms with Crippen LogP contribution in [-0.2, 0) is 4.79 Å². The van der Waals surface area contributed by atoms with E-state index in [1.165, 1.54) is 37.7 Å². The van der Waals surface area contributed by atoms with Gasteiger partial charge in [-0.1, -0.05) is 43.5 Å². The Morgan fingerprint density at radius 3 is 2.17 bits per heavy atom. The highest BCUT2D eigenvalue weighted by Crippen LogP contribution is 2.32. The van der Waals surface area contributed by atoms with Crippen LogP contribution in [0, 0.1) is 5.41 Å². The number of hydrogen-bond donors (Lipinski definition) is 2. The molecule has 5 heteroatoms. The molecule has 0 bridgehead atoms. The summed E-state index contributed by atoms with van der Waals surface area (Å²) < 4.78 is 0. The van der Waals surface area contributed by atoms with Crippen molar-refractivity contribution >= 4 is 23.1 Å². The van der Waals surface area contributed by atoms with Gasteiger partial charge in [-0.3, -0.25) is 15.0 Å². The Hall–Kier alpha value is -2.79. The summed E-state index contributed by atoms with van der Waals surface area (Å²) in [4.78, 5) is 26.5. The Morgan fingerprint density at radius 2 is 1.57 bits per heavy atom. The van der Waals surface area contributed by atoms with E-state index in [2.05, 4.69) is 17.4 Å². The van der Waals surface area contributed by atoms with E-state index in [9.17, 15) is 9.59 Å². The van der Waals surface area contributed by atoms with E-state index < -0.39 is 0 Å². The molecular formula is C25H31N3O2. The molecule has 0 saturated heterocycles. The van der Waals surface area contributed by atoms with Gasteiger partial charge in [0.15, 0.2) is 5.78 Å². The van der Waals surface area contributed by atoms with Gasteiger partial charge < -0.3 is 10.2 Å². The summed E-state index contributed by atoms with van der Waals surface area (Å²) in [5, 5.41) is 11.0. The van der Waals surface area contributed by atoms with Crippen LogP contribution in [0.25, 0.3) is 0 Å². The number of hydrogen-bond acceptors (Lipinski definition) is 4. The predicted octanol–water partition coefficient (Wildman–Crippen LogP) is 4.56. The summed E-state index contributed by atoms with van der Waals surface area (Å²) in [6.07, 6.45) is 6.70. The van der Waals surface area contributed by atoms with Gasteiger partial charge in [0.1, 0.15) is 5.71 Å². The maximum absolute atomic E-state index is 12.9. The van der Waals surface area contributed by atoms with Crippen molar-refractivity contribution in [3.05, 3.63) is 65.2 Å². The first-order chi connectivity index (χ1) is 14.5. The molecule has 158 valence electrons. The molecule has 0 aromatic heterocycles. The van der Waals surface area contributed by atoms with Crippen LogP contribution in [0.5, 0.6) is 0 Å². The van der Waals surface area contributed by atoms with Crippen molar-refractivity contribution in [3.8, 4) is 0 Å². The van der Waals surface area contributed by atoms with Crippen molar-refractivity contribution < 1.29 is 9.59 Å². The first-order valence-electron chi connectivity index (χ1n) is 10.8. The van der Waals surface area contributed by atoms with Crippen molar-refractivity contribution in [2.24, 2.45) is 0 Å². The molecule has 1 fully saturated rings. The molecule has 1 saturated carbocycles. The van der Waals surface area contributed by atoms with Crippen molar-refractivity contribution in [1.82, 2.24) is 5.32 Å². The van der Waals surface area contributed by atoms with Gasteiger partial charge in [-0.2, -0.15) is 0 Å². The molecule has 0 aliphatic heterocycles. The summed E-state index contributed by atoms with van der Waals surface area (Å²) in [6.45, 7) is 0.552. The third-order valence-electron chi connectivity index (χ3n) is 5.96. The van der Waals surface area contributed by atoms with Crippen LogP contribution in [0.1, 0.15) is 65.9 Å². The highest BCUT2D eigenvalue weighted by molar-refractivity contribution is 6.45. The fourth-order valence-electron chi connectivity index (χ4n) is 4.02. The maximum Gasteiger partial charge on any atom is 0.258 e. The van der Waals surface area contributed by atoms with Gasteiger partial charge in [0.25, 0.3) is 5.91 Å². The van der Waals surface area contributed by atoms with Gasteiger partial charge in [0.2, 0.25) is 0 Å². The second-order valence-corrected chi connectivity index (χ2v) is 8.02. The molecule has 0 spiro atoms. The second-order valence-electron chi connectivity index (χ2n) is 8.02. The SMILES string of the molecule is CNCCC(=O)C(=N)c1ccc(N(C)C(=O)c2ccc(C3CCCCC3)cc2)cc1. The van der Waals surface area contributed by atoms with E-state index in [1.54, 1.807) is 43.3 Å². The van der Waals surface area contributed by atoms with Crippen LogP contribution in [-0.4, -0.2) is 38.0 Å². The van der Waals surface area contributed by atoms with E-state index in [-0.39, 0.29) is 17.4 Å². The lowest BCUT2D eigenvalue weighted by molar-refractivity contribution is -0.112. The van der Waals surface area contributed by atoms with Gasteiger partial charge in [-0.05, 0) is 55.6 Å². The quantitative estimate of drug-likeness (QED) is 0.633. The lowest BCUT2D eigenvalue weighted by Gasteiger charge is -2.22. The van der Waals surface area contributed by atoms with Crippen LogP contribution in [0.4, 0.5) is 5.69 Å². The zero-order chi connectivity index (χ0) is 21.5. The molecular weight excluding hydrogens is 374 g/mol. The van der Waals surface area contributed by atoms with Gasteiger partial charge in [0, 0.05) is 36.8 Å². The number of nitrogens with zero attached hydrogens (tertiary/aromatic N) is 1. The van der Waals surface area contributed by atoms with Gasteiger partial charge in [0.05, 0.1) is 0 Å². The number of carbonyl (C=O) groups is 2. The third kappa shape index (κ3) is 5.22. The largest absolute Gasteiger partial charge is 0.319 e. The average molecular weight is 406 g/mol. The summed E-state index contributed by atoms with van der Waals surface area (Å²) in [6, 6.07) is 15.1. The number of rotatable bonds is 8. The monoisotopic (exact) mass is 405 g/mol. The molecule has 2 aromatic carbocycles. The lowest BCUT2D eigenvalue weighted by Crippen LogP contribution is -2.26. The van der Waals surface area contributed by atoms with Gasteiger partial charge in [-0.15, -0.1) is 0 Å². The van der Waals surface area contributed by atoms with Crippen molar-refractivity contribution in [2.45, 2.75) is 44.4 Å². The topological polar surface area (TPSA) is 73.3 Å². The summed E-state index contributed by atoms with van der Waals surface area (Å²) >= 11 is 0. The average Bonchev–Trinajstić information content (AvgIpc) is 2.82. The van der Waals surface area contributed by atoms with Crippen LogP contribution in [0.2, 0.25) is 0 Å². The number of nitrogens with one attached hydrogen (secondary N) is 2. The first kappa shape index (κ1) is 21.9. The van der Waals surface area contributed by atoms with Crippen molar-refractivity contribution in [1.29, 1.82) is 5.41 Å². The molecule has 0 heterocycles. The molecule has 0 atom stereocenters. The molecule has 2 aromatic rings. The Morgan fingerprint density at radius 1 is 0.967 bits per heavy atom. The highest BCUT2D eigenvalue weighted by Gasteiger charge is 2.18. The van der Waals surface area contributed by atoms with Crippen LogP contribution >= 0.6 is 0 Å². The van der Waals surface area contributed by atoms with E-state index in [0.29, 0.717) is 30.0 Å². The van der Waals surface area contributed by atoms with Crippen LogP contribution in [0.3, 0.4) is 0 Å². The number of amides is 1. The van der Waals surface area contributed by atoms with E-state index in [0.717, 1.165) is 5.69 Å². The summed E-state index contributed by atoms with van der Waals surface area (Å²) in [5.74, 6) is 0.358. The standard InChI is InChI=1S/C25H31N3O2/c1-27-17-16-23(29)24(26)20-12-14-22(15-13-20)28(2)25(30)21-10-8-19(9-11-21)18-6-4-3-5-7-18/h8-15,18,26-27H,3-7,16-17H2,1-2H3. The normalized spacial score (nSPS) is 14.3. The Balaban J connectivity index is 1.65. The van der Waals surface area contributed by atoms with Gasteiger partial charge in [-0.25, -0.2) is 0 Å².